The molecule has 42 heavy (non-hydrogen) atoms. The maximum atomic E-state index is 11.3. The first kappa shape index (κ1) is 32.4. The van der Waals surface area contributed by atoms with Crippen LogP contribution in [0, 0.1) is 22.7 Å². The lowest BCUT2D eigenvalue weighted by molar-refractivity contribution is -0.142. The number of carbonyl (C=O) groups excluding carboxylic acids is 1. The van der Waals surface area contributed by atoms with Crippen molar-refractivity contribution in [2.45, 2.75) is 51.6 Å². The fraction of sp³-hybridized carbons (Fsp3) is 0.500. The Kier molecular flexibility index (Phi) is 13.1. The van der Waals surface area contributed by atoms with Gasteiger partial charge in [0.25, 0.3) is 0 Å². The minimum atomic E-state index is -0.769. The van der Waals surface area contributed by atoms with Crippen molar-refractivity contribution in [2.24, 2.45) is 0 Å². The second-order valence-corrected chi connectivity index (χ2v) is 10.4. The lowest BCUT2D eigenvalue weighted by Crippen LogP contribution is -2.46. The molecule has 2 aliphatic rings. The van der Waals surface area contributed by atoms with Crippen molar-refractivity contribution in [1.29, 1.82) is 10.5 Å². The van der Waals surface area contributed by atoms with Gasteiger partial charge in [0.15, 0.2) is 0 Å². The van der Waals surface area contributed by atoms with Gasteiger partial charge in [0.2, 0.25) is 0 Å². The average molecular weight is 575 g/mol. The summed E-state index contributed by atoms with van der Waals surface area (Å²) in [4.78, 5) is 28.7. The summed E-state index contributed by atoms with van der Waals surface area (Å²) in [7, 11) is 0. The van der Waals surface area contributed by atoms with E-state index in [2.05, 4.69) is 27.3 Å². The van der Waals surface area contributed by atoms with Crippen LogP contribution in [0.3, 0.4) is 0 Å². The van der Waals surface area contributed by atoms with E-state index in [0.29, 0.717) is 24.3 Å². The molecule has 2 N–H and O–H groups in total. The zero-order valence-corrected chi connectivity index (χ0v) is 24.7. The Balaban J connectivity index is 0.000000230. The molecule has 2 fully saturated rings. The van der Waals surface area contributed by atoms with Gasteiger partial charge < -0.3 is 25.0 Å². The van der Waals surface area contributed by atoms with Crippen LogP contribution < -0.4 is 15.1 Å². The average Bonchev–Trinajstić information content (AvgIpc) is 3.03. The van der Waals surface area contributed by atoms with Crippen molar-refractivity contribution in [1.82, 2.24) is 10.2 Å². The summed E-state index contributed by atoms with van der Waals surface area (Å²) in [5, 5.41) is 30.5. The highest BCUT2D eigenvalue weighted by Crippen LogP contribution is 2.26. The largest absolute Gasteiger partial charge is 0.480 e. The Hall–Kier alpha value is -4.12. The number of para-hydroxylation sites is 2. The first-order valence-electron chi connectivity index (χ1n) is 14.7. The number of rotatable bonds is 10. The molecule has 224 valence electrons. The minimum Gasteiger partial charge on any atom is -0.480 e. The second kappa shape index (κ2) is 17.0. The van der Waals surface area contributed by atoms with Crippen molar-refractivity contribution < 1.29 is 19.4 Å². The van der Waals surface area contributed by atoms with Crippen LogP contribution >= 0.6 is 0 Å². The number of aliphatic carboxylic acids is 1. The van der Waals surface area contributed by atoms with E-state index in [1.54, 1.807) is 0 Å². The van der Waals surface area contributed by atoms with Crippen LogP contribution in [0.5, 0.6) is 0 Å². The van der Waals surface area contributed by atoms with Gasteiger partial charge in [-0.2, -0.15) is 10.5 Å². The number of nitrogens with zero attached hydrogens (tertiary/aromatic N) is 5. The smallest absolute Gasteiger partial charge is 0.319 e. The third-order valence-electron chi connectivity index (χ3n) is 7.79. The molecule has 4 rings (SSSR count). The molecule has 0 amide bonds. The van der Waals surface area contributed by atoms with Crippen LogP contribution in [-0.2, 0) is 14.3 Å². The van der Waals surface area contributed by atoms with E-state index in [-0.39, 0.29) is 19.1 Å². The predicted octanol–water partition coefficient (Wildman–Crippen LogP) is 3.61. The van der Waals surface area contributed by atoms with E-state index in [4.69, 9.17) is 15.1 Å². The third kappa shape index (κ3) is 9.47. The molecule has 0 aromatic heterocycles. The maximum absolute atomic E-state index is 11.3. The van der Waals surface area contributed by atoms with Gasteiger partial charge in [-0.15, -0.1) is 0 Å². The van der Waals surface area contributed by atoms with Crippen molar-refractivity contribution in [3.05, 3.63) is 59.7 Å². The van der Waals surface area contributed by atoms with Crippen LogP contribution in [0.4, 0.5) is 11.4 Å². The van der Waals surface area contributed by atoms with E-state index in [0.717, 1.165) is 75.3 Å². The number of esters is 1. The molecule has 2 saturated heterocycles. The van der Waals surface area contributed by atoms with Gasteiger partial charge in [-0.05, 0) is 63.4 Å². The minimum absolute atomic E-state index is 0.107. The lowest BCUT2D eigenvalue weighted by Gasteiger charge is -2.38. The number of piperidine rings is 2. The molecule has 2 aromatic carbocycles. The highest BCUT2D eigenvalue weighted by Gasteiger charge is 2.26. The van der Waals surface area contributed by atoms with Crippen LogP contribution in [0.2, 0.25) is 0 Å². The van der Waals surface area contributed by atoms with Crippen molar-refractivity contribution in [2.75, 3.05) is 62.2 Å². The number of likely N-dealkylation sites (N-methyl/N-ethyl adjacent to an activating group) is 1. The van der Waals surface area contributed by atoms with Gasteiger partial charge in [-0.25, -0.2) is 0 Å². The van der Waals surface area contributed by atoms with Crippen molar-refractivity contribution in [3.8, 4) is 12.1 Å². The molecule has 2 aliphatic heterocycles. The molecule has 0 unspecified atom stereocenters. The number of nitriles is 2. The number of benzene rings is 2. The molecule has 0 aliphatic carbocycles. The molecular formula is C32H42N6O4. The molecule has 0 saturated carbocycles. The molecule has 0 radical (unpaired) electrons. The molecule has 2 heterocycles. The Morgan fingerprint density at radius 1 is 0.905 bits per heavy atom. The molecule has 2 aromatic rings. The highest BCUT2D eigenvalue weighted by atomic mass is 16.5. The number of carbonyl (C=O) groups is 2. The quantitative estimate of drug-likeness (QED) is 0.406. The summed E-state index contributed by atoms with van der Waals surface area (Å²) in [6, 6.07) is 20.4. The Bertz CT molecular complexity index is 1240. The topological polar surface area (TPSA) is 133 Å². The van der Waals surface area contributed by atoms with Crippen molar-refractivity contribution in [3.63, 3.8) is 0 Å². The SMILES string of the molecule is CCN(CC(=O)O)C1CCN(c2ccccc2C#N)CC1.CCOC(=O)CNC1CCN(c2ccccc2C#N)CC1. The summed E-state index contributed by atoms with van der Waals surface area (Å²) in [6.07, 6.45) is 3.78. The molecule has 10 nitrogen and oxygen atoms in total. The predicted molar refractivity (Wildman–Crippen MR) is 162 cm³/mol. The van der Waals surface area contributed by atoms with Crippen LogP contribution in [0.1, 0.15) is 50.7 Å². The van der Waals surface area contributed by atoms with Gasteiger partial charge in [-0.3, -0.25) is 14.5 Å². The molecular weight excluding hydrogens is 532 g/mol. The van der Waals surface area contributed by atoms with E-state index in [1.807, 2.05) is 67.3 Å². The van der Waals surface area contributed by atoms with Gasteiger partial charge in [0.05, 0.1) is 42.2 Å². The first-order valence-corrected chi connectivity index (χ1v) is 14.7. The zero-order valence-electron chi connectivity index (χ0n) is 24.7. The summed E-state index contributed by atoms with van der Waals surface area (Å²) >= 11 is 0. The van der Waals surface area contributed by atoms with Crippen molar-refractivity contribution >= 4 is 23.3 Å². The number of hydrogen-bond donors (Lipinski definition) is 2. The number of nitrogens with one attached hydrogen (secondary N) is 1. The molecule has 0 atom stereocenters. The monoisotopic (exact) mass is 574 g/mol. The van der Waals surface area contributed by atoms with E-state index in [1.165, 1.54) is 0 Å². The van der Waals surface area contributed by atoms with Gasteiger partial charge >= 0.3 is 11.9 Å². The number of carboxylic acids is 1. The van der Waals surface area contributed by atoms with Crippen LogP contribution in [-0.4, -0.2) is 86.4 Å². The zero-order chi connectivity index (χ0) is 30.3. The third-order valence-corrected chi connectivity index (χ3v) is 7.79. The lowest BCUT2D eigenvalue weighted by atomic mass is 10.0. The molecule has 0 spiro atoms. The Morgan fingerprint density at radius 3 is 1.86 bits per heavy atom. The maximum Gasteiger partial charge on any atom is 0.319 e. The Labute approximate surface area is 249 Å². The van der Waals surface area contributed by atoms with Crippen LogP contribution in [0.15, 0.2) is 48.5 Å². The number of hydrogen-bond acceptors (Lipinski definition) is 9. The summed E-state index contributed by atoms with van der Waals surface area (Å²) in [6.45, 7) is 8.86. The van der Waals surface area contributed by atoms with E-state index >= 15 is 0 Å². The number of anilines is 2. The summed E-state index contributed by atoms with van der Waals surface area (Å²) in [5.41, 5.74) is 3.41. The second-order valence-electron chi connectivity index (χ2n) is 10.4. The Morgan fingerprint density at radius 2 is 1.40 bits per heavy atom. The van der Waals surface area contributed by atoms with Gasteiger partial charge in [0, 0.05) is 38.3 Å². The van der Waals surface area contributed by atoms with E-state index in [9.17, 15) is 14.9 Å². The number of carboxylic acid groups (broad SMARTS) is 1. The summed E-state index contributed by atoms with van der Waals surface area (Å²) < 4.78 is 4.91. The van der Waals surface area contributed by atoms with Gasteiger partial charge in [-0.1, -0.05) is 31.2 Å². The first-order chi connectivity index (χ1) is 20.4. The molecule has 0 bridgehead atoms. The van der Waals surface area contributed by atoms with Gasteiger partial charge in [0.1, 0.15) is 12.1 Å². The fourth-order valence-electron chi connectivity index (χ4n) is 5.60. The highest BCUT2D eigenvalue weighted by molar-refractivity contribution is 5.71. The normalized spacial score (nSPS) is 15.7. The molecule has 10 heteroatoms. The fourth-order valence-corrected chi connectivity index (χ4v) is 5.60. The summed E-state index contributed by atoms with van der Waals surface area (Å²) in [5.74, 6) is -0.969. The van der Waals surface area contributed by atoms with Crippen LogP contribution in [0.25, 0.3) is 0 Å². The standard InChI is InChI=1S/2C16H21N3O2/c1-2-21-16(20)12-18-14-7-9-19(10-8-14)15-6-4-3-5-13(15)11-17;1-2-18(12-16(20)21)14-7-9-19(10-8-14)15-6-4-3-5-13(15)11-17/h3-6,14,18H,2,7-10,12H2,1H3;3-6,14H,2,7-10,12H2,1H3,(H,20,21). The number of ether oxygens (including phenoxy) is 1. The van der Waals surface area contributed by atoms with E-state index < -0.39 is 5.97 Å².